The third kappa shape index (κ3) is 6.43. The summed E-state index contributed by atoms with van der Waals surface area (Å²) in [4.78, 5) is 13.5. The summed E-state index contributed by atoms with van der Waals surface area (Å²) in [6.07, 6.45) is -3.79. The average Bonchev–Trinajstić information content (AvgIpc) is 3.04. The molecule has 2 rings (SSSR count). The first-order valence-corrected chi connectivity index (χ1v) is 10.2. The number of benzene rings is 1. The van der Waals surface area contributed by atoms with E-state index < -0.39 is 58.4 Å². The third-order valence-electron chi connectivity index (χ3n) is 4.53. The number of rotatable bonds is 7. The lowest BCUT2D eigenvalue weighted by Gasteiger charge is -2.24. The molecule has 1 heterocycles. The van der Waals surface area contributed by atoms with Crippen LogP contribution in [0, 0.1) is 23.0 Å². The van der Waals surface area contributed by atoms with Crippen molar-refractivity contribution in [2.24, 2.45) is 11.7 Å². The molecule has 1 saturated heterocycles. The fourth-order valence-electron chi connectivity index (χ4n) is 2.90. The normalized spacial score (nSPS) is 20.0. The van der Waals surface area contributed by atoms with Crippen molar-refractivity contribution in [1.29, 1.82) is 5.41 Å². The summed E-state index contributed by atoms with van der Waals surface area (Å²) in [7, 11) is 0. The van der Waals surface area contributed by atoms with Gasteiger partial charge in [-0.2, -0.15) is 13.2 Å². The van der Waals surface area contributed by atoms with Crippen LogP contribution >= 0.6 is 0 Å². The van der Waals surface area contributed by atoms with Gasteiger partial charge < -0.3 is 15.2 Å². The Morgan fingerprint density at radius 1 is 1.34 bits per heavy atom. The number of carbonyl (C=O) groups excluding carboxylic acids is 1. The van der Waals surface area contributed by atoms with Crippen molar-refractivity contribution in [3.63, 3.8) is 0 Å². The van der Waals surface area contributed by atoms with Crippen LogP contribution in [0.25, 0.3) is 0 Å². The van der Waals surface area contributed by atoms with Crippen molar-refractivity contribution in [3.05, 3.63) is 47.2 Å². The van der Waals surface area contributed by atoms with Crippen LogP contribution < -0.4 is 5.73 Å². The van der Waals surface area contributed by atoms with E-state index in [1.54, 1.807) is 0 Å². The number of hydrogen-bond acceptors (Lipinski definition) is 4. The van der Waals surface area contributed by atoms with E-state index in [0.29, 0.717) is 24.3 Å². The molecule has 1 aliphatic rings. The van der Waals surface area contributed by atoms with E-state index in [9.17, 15) is 31.3 Å². The van der Waals surface area contributed by atoms with Gasteiger partial charge in [0.25, 0.3) is 5.91 Å². The second-order valence-electron chi connectivity index (χ2n) is 6.69. The van der Waals surface area contributed by atoms with Gasteiger partial charge in [0.05, 0.1) is 12.2 Å². The zero-order valence-electron chi connectivity index (χ0n) is 15.3. The maximum Gasteiger partial charge on any atom is 0.432 e. The monoisotopic (exact) mass is 437 g/mol. The van der Waals surface area contributed by atoms with E-state index in [1.165, 1.54) is 0 Å². The van der Waals surface area contributed by atoms with Gasteiger partial charge in [-0.3, -0.25) is 10.2 Å². The van der Waals surface area contributed by atoms with Crippen molar-refractivity contribution < 1.29 is 31.3 Å². The quantitative estimate of drug-likeness (QED) is 0.297. The second-order valence-corrected chi connectivity index (χ2v) is 8.31. The number of allylic oxidation sites excluding steroid dienone is 1. The number of halogens is 5. The molecule has 0 aliphatic carbocycles. The second kappa shape index (κ2) is 9.57. The topological polar surface area (TPSA) is 93.2 Å². The van der Waals surface area contributed by atoms with Crippen LogP contribution in [0.2, 0.25) is 0 Å². The van der Waals surface area contributed by atoms with E-state index in [2.05, 4.69) is 0 Å². The van der Waals surface area contributed by atoms with Gasteiger partial charge in [-0.15, -0.1) is 0 Å². The summed E-state index contributed by atoms with van der Waals surface area (Å²) < 4.78 is 77.1. The minimum Gasteiger partial charge on any atom is -0.616 e. The largest absolute Gasteiger partial charge is 0.616 e. The van der Waals surface area contributed by atoms with Crippen LogP contribution in [-0.2, 0) is 22.5 Å². The van der Waals surface area contributed by atoms with Crippen molar-refractivity contribution in [1.82, 2.24) is 4.90 Å². The first-order chi connectivity index (χ1) is 13.5. The molecule has 0 radical (unpaired) electrons. The van der Waals surface area contributed by atoms with E-state index in [-0.39, 0.29) is 18.5 Å². The molecule has 1 fully saturated rings. The Kier molecular flexibility index (Phi) is 7.64. The first kappa shape index (κ1) is 23.1. The molecule has 5 nitrogen and oxygen atoms in total. The third-order valence-corrected chi connectivity index (χ3v) is 6.07. The highest BCUT2D eigenvalue weighted by Gasteiger charge is 2.34. The number of alkyl halides is 3. The highest BCUT2D eigenvalue weighted by atomic mass is 32.2. The smallest absolute Gasteiger partial charge is 0.432 e. The molecular weight excluding hydrogens is 417 g/mol. The van der Waals surface area contributed by atoms with Crippen molar-refractivity contribution in [2.45, 2.75) is 25.6 Å². The Bertz CT molecular complexity index is 780. The van der Waals surface area contributed by atoms with Crippen molar-refractivity contribution >= 4 is 22.8 Å². The first-order valence-electron chi connectivity index (χ1n) is 8.69. The van der Waals surface area contributed by atoms with Gasteiger partial charge in [0.2, 0.25) is 0 Å². The summed E-state index contributed by atoms with van der Waals surface area (Å²) >= 11 is -0.963. The van der Waals surface area contributed by atoms with E-state index in [0.717, 1.165) is 23.1 Å². The summed E-state index contributed by atoms with van der Waals surface area (Å²) in [5.74, 6) is -1.91. The van der Waals surface area contributed by atoms with Crippen LogP contribution in [0.15, 0.2) is 30.0 Å². The highest BCUT2D eigenvalue weighted by Crippen LogP contribution is 2.24. The summed E-state index contributed by atoms with van der Waals surface area (Å²) in [6.45, 7) is -0.580. The fourth-order valence-corrected chi connectivity index (χ4v) is 4.52. The zero-order valence-corrected chi connectivity index (χ0v) is 16.1. The highest BCUT2D eigenvalue weighted by molar-refractivity contribution is 7.91. The number of nitrogens with one attached hydrogen (secondary N) is 1. The lowest BCUT2D eigenvalue weighted by molar-refractivity contribution is -0.128. The van der Waals surface area contributed by atoms with Gasteiger partial charge in [-0.05, 0) is 31.1 Å². The molecule has 0 bridgehead atoms. The number of nitrogens with zero attached hydrogens (tertiary/aromatic N) is 1. The van der Waals surface area contributed by atoms with Gasteiger partial charge in [0.15, 0.2) is 0 Å². The van der Waals surface area contributed by atoms with Gasteiger partial charge >= 0.3 is 6.18 Å². The molecule has 1 aromatic carbocycles. The predicted molar refractivity (Wildman–Crippen MR) is 98.4 cm³/mol. The molecule has 1 amide bonds. The Morgan fingerprint density at radius 2 is 1.97 bits per heavy atom. The standard InChI is InChI=1S/C18H20F5N3O2S/c19-13-2-1-3-14(20)12(13)9-26(6-4-11-5-7-29(28)10-11)17(27)15(24)8-16(25)18(21,22)23/h1-3,8,11,25H,4-7,9-10,24H2/b15-8-,25-16?. The van der Waals surface area contributed by atoms with Crippen molar-refractivity contribution in [2.75, 3.05) is 18.1 Å². The number of hydrogen-bond donors (Lipinski definition) is 2. The lowest BCUT2D eigenvalue weighted by atomic mass is 10.0. The maximum atomic E-state index is 14.0. The van der Waals surface area contributed by atoms with Gasteiger partial charge in [0.1, 0.15) is 28.9 Å². The number of carbonyl (C=O) groups is 1. The molecule has 1 aliphatic heterocycles. The summed E-state index contributed by atoms with van der Waals surface area (Å²) in [6, 6.07) is 3.15. The van der Waals surface area contributed by atoms with Crippen LogP contribution in [0.3, 0.4) is 0 Å². The molecule has 3 N–H and O–H groups in total. The Labute approximate surface area is 167 Å². The lowest BCUT2D eigenvalue weighted by Crippen LogP contribution is -2.37. The van der Waals surface area contributed by atoms with Crippen LogP contribution in [-0.4, -0.2) is 45.3 Å². The summed E-state index contributed by atoms with van der Waals surface area (Å²) in [5.41, 5.74) is 2.35. The van der Waals surface area contributed by atoms with E-state index in [1.807, 2.05) is 0 Å². The average molecular weight is 437 g/mol. The molecular formula is C18H20F5N3O2S. The minimum atomic E-state index is -4.98. The zero-order chi connectivity index (χ0) is 21.8. The molecule has 0 aromatic heterocycles. The molecule has 11 heteroatoms. The molecule has 0 saturated carbocycles. The Morgan fingerprint density at radius 3 is 2.48 bits per heavy atom. The van der Waals surface area contributed by atoms with Crippen molar-refractivity contribution in [3.8, 4) is 0 Å². The van der Waals surface area contributed by atoms with Crippen LogP contribution in [0.1, 0.15) is 18.4 Å². The molecule has 2 atom stereocenters. The Hall–Kier alpha value is -2.14. The van der Waals surface area contributed by atoms with Gasteiger partial charge in [-0.25, -0.2) is 8.78 Å². The number of amides is 1. The molecule has 0 spiro atoms. The van der Waals surface area contributed by atoms with Crippen LogP contribution in [0.4, 0.5) is 22.0 Å². The Balaban J connectivity index is 2.22. The van der Waals surface area contributed by atoms with Crippen LogP contribution in [0.5, 0.6) is 0 Å². The number of nitrogens with two attached hydrogens (primary N) is 1. The van der Waals surface area contributed by atoms with Gasteiger partial charge in [0, 0.05) is 18.0 Å². The summed E-state index contributed by atoms with van der Waals surface area (Å²) in [5, 5.41) is 6.95. The van der Waals surface area contributed by atoms with E-state index in [4.69, 9.17) is 11.1 Å². The molecule has 1 aromatic rings. The molecule has 29 heavy (non-hydrogen) atoms. The fraction of sp³-hybridized carbons (Fsp3) is 0.444. The minimum absolute atomic E-state index is 0.0234. The van der Waals surface area contributed by atoms with E-state index >= 15 is 0 Å². The predicted octanol–water partition coefficient (Wildman–Crippen LogP) is 2.88. The maximum absolute atomic E-state index is 14.0. The SMILES string of the molecule is N=C(/C=C(\N)C(=O)N(CCC1CC[S+]([O-])C1)Cc1c(F)cccc1F)C(F)(F)F. The molecule has 160 valence electrons. The molecule has 2 unspecified atom stereocenters. The van der Waals surface area contributed by atoms with Gasteiger partial charge in [-0.1, -0.05) is 17.2 Å².